The van der Waals surface area contributed by atoms with E-state index in [-0.39, 0.29) is 5.91 Å². The molecule has 1 fully saturated rings. The summed E-state index contributed by atoms with van der Waals surface area (Å²) in [6.45, 7) is 2.50. The van der Waals surface area contributed by atoms with Crippen molar-refractivity contribution >= 4 is 57.8 Å². The Bertz CT molecular complexity index is 814. The lowest BCUT2D eigenvalue weighted by molar-refractivity contribution is -0.122. The molecule has 1 aliphatic heterocycles. The lowest BCUT2D eigenvalue weighted by Crippen LogP contribution is -2.28. The molecule has 0 radical (unpaired) electrons. The van der Waals surface area contributed by atoms with E-state index >= 15 is 0 Å². The molecule has 2 aromatic carbocycles. The fourth-order valence-corrected chi connectivity index (χ4v) is 3.52. The molecule has 1 heterocycles. The number of thioether (sulfide) groups is 1. The third kappa shape index (κ3) is 3.83. The van der Waals surface area contributed by atoms with Gasteiger partial charge in [-0.05, 0) is 66.7 Å². The molecule has 0 bridgehead atoms. The summed E-state index contributed by atoms with van der Waals surface area (Å²) in [5, 5.41) is 2.00. The number of hydrogen-bond donors (Lipinski definition) is 0. The summed E-state index contributed by atoms with van der Waals surface area (Å²) >= 11 is 13.2. The minimum Gasteiger partial charge on any atom is -0.287 e. The number of rotatable bonds is 3. The largest absolute Gasteiger partial charge is 0.287 e. The number of aliphatic imine (C=N–C) groups is 1. The molecule has 122 valence electrons. The van der Waals surface area contributed by atoms with Crippen LogP contribution in [-0.2, 0) is 4.79 Å². The Morgan fingerprint density at radius 3 is 2.21 bits per heavy atom. The van der Waals surface area contributed by atoms with Crippen molar-refractivity contribution in [2.75, 3.05) is 6.54 Å². The number of benzene rings is 2. The number of carbonyl (C=O) groups excluding carboxylic acids is 1. The van der Waals surface area contributed by atoms with Crippen molar-refractivity contribution in [1.29, 1.82) is 0 Å². The third-order valence-corrected chi connectivity index (χ3v) is 4.93. The van der Waals surface area contributed by atoms with Crippen LogP contribution in [0.2, 0.25) is 10.0 Å². The monoisotopic (exact) mass is 376 g/mol. The van der Waals surface area contributed by atoms with E-state index in [1.807, 2.05) is 37.3 Å². The average molecular weight is 377 g/mol. The minimum absolute atomic E-state index is 0.0369. The predicted octanol–water partition coefficient (Wildman–Crippen LogP) is 5.62. The highest BCUT2D eigenvalue weighted by atomic mass is 35.5. The molecule has 24 heavy (non-hydrogen) atoms. The van der Waals surface area contributed by atoms with Crippen molar-refractivity contribution in [3.05, 3.63) is 69.0 Å². The molecular formula is C18H14Cl2N2OS. The summed E-state index contributed by atoms with van der Waals surface area (Å²) in [7, 11) is 0. The number of nitrogens with zero attached hydrogens (tertiary/aromatic N) is 2. The molecule has 2 aromatic rings. The second-order valence-electron chi connectivity index (χ2n) is 5.08. The van der Waals surface area contributed by atoms with Crippen LogP contribution in [0.4, 0.5) is 5.69 Å². The Hall–Kier alpha value is -1.75. The van der Waals surface area contributed by atoms with Gasteiger partial charge in [-0.1, -0.05) is 35.3 Å². The minimum atomic E-state index is -0.0369. The van der Waals surface area contributed by atoms with Crippen molar-refractivity contribution in [3.8, 4) is 0 Å². The zero-order chi connectivity index (χ0) is 17.1. The number of halogens is 2. The van der Waals surface area contributed by atoms with Gasteiger partial charge in [0.1, 0.15) is 0 Å². The van der Waals surface area contributed by atoms with E-state index in [4.69, 9.17) is 23.2 Å². The van der Waals surface area contributed by atoms with Gasteiger partial charge in [0.2, 0.25) is 0 Å². The third-order valence-electron chi connectivity index (χ3n) is 3.42. The van der Waals surface area contributed by atoms with Gasteiger partial charge in [-0.15, -0.1) is 0 Å². The zero-order valence-electron chi connectivity index (χ0n) is 12.9. The smallest absolute Gasteiger partial charge is 0.266 e. The van der Waals surface area contributed by atoms with Gasteiger partial charge in [-0.2, -0.15) is 0 Å². The number of carbonyl (C=O) groups is 1. The van der Waals surface area contributed by atoms with Crippen LogP contribution in [0.3, 0.4) is 0 Å². The van der Waals surface area contributed by atoms with Crippen LogP contribution < -0.4 is 0 Å². The molecule has 0 aromatic heterocycles. The molecule has 0 spiro atoms. The fourth-order valence-electron chi connectivity index (χ4n) is 2.21. The number of hydrogen-bond acceptors (Lipinski definition) is 3. The Labute approximate surface area is 155 Å². The van der Waals surface area contributed by atoms with E-state index in [0.29, 0.717) is 26.7 Å². The molecule has 3 nitrogen and oxygen atoms in total. The van der Waals surface area contributed by atoms with Crippen LogP contribution in [-0.4, -0.2) is 22.5 Å². The molecule has 0 aliphatic carbocycles. The molecule has 3 rings (SSSR count). The first kappa shape index (κ1) is 17.1. The van der Waals surface area contributed by atoms with Gasteiger partial charge in [0.05, 0.1) is 10.6 Å². The topological polar surface area (TPSA) is 32.7 Å². The average Bonchev–Trinajstić information content (AvgIpc) is 2.86. The summed E-state index contributed by atoms with van der Waals surface area (Å²) in [5.41, 5.74) is 1.69. The summed E-state index contributed by atoms with van der Waals surface area (Å²) < 4.78 is 0. The van der Waals surface area contributed by atoms with Crippen LogP contribution in [0.5, 0.6) is 0 Å². The molecule has 0 saturated carbocycles. The van der Waals surface area contributed by atoms with E-state index < -0.39 is 0 Å². The second kappa shape index (κ2) is 7.43. The van der Waals surface area contributed by atoms with Crippen LogP contribution >= 0.6 is 35.0 Å². The fraction of sp³-hybridized carbons (Fsp3) is 0.111. The first-order valence-electron chi connectivity index (χ1n) is 7.38. The normalized spacial score (nSPS) is 18.0. The Morgan fingerprint density at radius 1 is 1.04 bits per heavy atom. The molecule has 1 saturated heterocycles. The Balaban J connectivity index is 1.91. The highest BCUT2D eigenvalue weighted by molar-refractivity contribution is 8.18. The van der Waals surface area contributed by atoms with E-state index in [1.54, 1.807) is 29.2 Å². The van der Waals surface area contributed by atoms with Crippen LogP contribution in [0.15, 0.2) is 58.4 Å². The van der Waals surface area contributed by atoms with Crippen molar-refractivity contribution < 1.29 is 4.79 Å². The molecule has 0 N–H and O–H groups in total. The van der Waals surface area contributed by atoms with Crippen molar-refractivity contribution in [3.63, 3.8) is 0 Å². The van der Waals surface area contributed by atoms with Crippen LogP contribution in [0, 0.1) is 0 Å². The molecule has 0 unspecified atom stereocenters. The van der Waals surface area contributed by atoms with Crippen molar-refractivity contribution in [1.82, 2.24) is 4.90 Å². The lowest BCUT2D eigenvalue weighted by Gasteiger charge is -2.11. The van der Waals surface area contributed by atoms with Crippen LogP contribution in [0.1, 0.15) is 12.5 Å². The van der Waals surface area contributed by atoms with Gasteiger partial charge in [0.25, 0.3) is 5.91 Å². The maximum absolute atomic E-state index is 12.6. The standard InChI is InChI=1S/C18H14Cl2N2OS/c1-2-22-17(23)16(11-12-3-5-13(19)6-4-12)24-18(22)21-15-9-7-14(20)8-10-15/h3-11H,2H2,1H3/b16-11+,21-18?. The van der Waals surface area contributed by atoms with Crippen molar-refractivity contribution in [2.45, 2.75) is 6.92 Å². The molecule has 0 atom stereocenters. The predicted molar refractivity (Wildman–Crippen MR) is 103 cm³/mol. The van der Waals surface area contributed by atoms with E-state index in [9.17, 15) is 4.79 Å². The first-order chi connectivity index (χ1) is 11.6. The first-order valence-corrected chi connectivity index (χ1v) is 8.95. The molecule has 1 aliphatic rings. The Morgan fingerprint density at radius 2 is 1.62 bits per heavy atom. The highest BCUT2D eigenvalue weighted by Crippen LogP contribution is 2.34. The molecule has 6 heteroatoms. The van der Waals surface area contributed by atoms with E-state index in [2.05, 4.69) is 4.99 Å². The van der Waals surface area contributed by atoms with Gasteiger partial charge < -0.3 is 0 Å². The molecular weight excluding hydrogens is 363 g/mol. The van der Waals surface area contributed by atoms with Gasteiger partial charge in [0, 0.05) is 16.6 Å². The maximum atomic E-state index is 12.6. The molecule has 1 amide bonds. The van der Waals surface area contributed by atoms with Gasteiger partial charge in [0.15, 0.2) is 5.17 Å². The summed E-state index contributed by atoms with van der Waals surface area (Å²) in [4.78, 5) is 19.5. The van der Waals surface area contributed by atoms with E-state index in [0.717, 1.165) is 11.3 Å². The quantitative estimate of drug-likeness (QED) is 0.651. The SMILES string of the molecule is CCN1C(=O)/C(=C\c2ccc(Cl)cc2)SC1=Nc1ccc(Cl)cc1. The number of likely N-dealkylation sites (N-methyl/N-ethyl adjacent to an activating group) is 1. The Kier molecular flexibility index (Phi) is 5.29. The van der Waals surface area contributed by atoms with E-state index in [1.165, 1.54) is 11.8 Å². The van der Waals surface area contributed by atoms with Crippen LogP contribution in [0.25, 0.3) is 6.08 Å². The highest BCUT2D eigenvalue weighted by Gasteiger charge is 2.32. The summed E-state index contributed by atoms with van der Waals surface area (Å²) in [5.74, 6) is -0.0369. The number of amidine groups is 1. The maximum Gasteiger partial charge on any atom is 0.266 e. The number of amides is 1. The van der Waals surface area contributed by atoms with Gasteiger partial charge in [-0.3, -0.25) is 9.69 Å². The van der Waals surface area contributed by atoms with Crippen molar-refractivity contribution in [2.24, 2.45) is 4.99 Å². The summed E-state index contributed by atoms with van der Waals surface area (Å²) in [6, 6.07) is 14.6. The van der Waals surface area contributed by atoms with Gasteiger partial charge >= 0.3 is 0 Å². The second-order valence-corrected chi connectivity index (χ2v) is 6.96. The summed E-state index contributed by atoms with van der Waals surface area (Å²) in [6.07, 6.45) is 1.86. The zero-order valence-corrected chi connectivity index (χ0v) is 15.2. The van der Waals surface area contributed by atoms with Gasteiger partial charge in [-0.25, -0.2) is 4.99 Å². The lowest BCUT2D eigenvalue weighted by atomic mass is 10.2.